The molecule has 13 heteroatoms. The van der Waals surface area contributed by atoms with Crippen molar-refractivity contribution < 1.29 is 31.2 Å². The van der Waals surface area contributed by atoms with E-state index < -0.39 is 25.0 Å². The van der Waals surface area contributed by atoms with Gasteiger partial charge in [0.15, 0.2) is 0 Å². The normalized spacial score (nSPS) is 11.5. The molecule has 0 saturated carbocycles. The fraction of sp³-hybridized carbons (Fsp3) is 0.100. The second-order valence-corrected chi connectivity index (χ2v) is 9.89. The van der Waals surface area contributed by atoms with Crippen molar-refractivity contribution >= 4 is 37.1 Å². The lowest BCUT2D eigenvalue weighted by Gasteiger charge is -2.15. The third-order valence-corrected chi connectivity index (χ3v) is 7.18. The topological polar surface area (TPSA) is 154 Å². The summed E-state index contributed by atoms with van der Waals surface area (Å²) in [5, 5.41) is 10.8. The Balaban J connectivity index is 1.95. The summed E-state index contributed by atoms with van der Waals surface area (Å²) in [6, 6.07) is 14.3. The molecule has 0 aliphatic carbocycles. The van der Waals surface area contributed by atoms with Crippen LogP contribution in [-0.2, 0) is 20.0 Å². The summed E-state index contributed by atoms with van der Waals surface area (Å²) in [5.41, 5.74) is -0.218. The monoisotopic (exact) mass is 493 g/mol. The minimum atomic E-state index is -4.21. The number of nitro benzene ring substituents is 1. The lowest BCUT2D eigenvalue weighted by atomic mass is 10.3. The zero-order chi connectivity index (χ0) is 24.2. The number of benzene rings is 3. The zero-order valence-corrected chi connectivity index (χ0v) is 19.0. The molecule has 0 fully saturated rings. The van der Waals surface area contributed by atoms with E-state index in [1.165, 1.54) is 32.4 Å². The average Bonchev–Trinajstić information content (AvgIpc) is 2.79. The van der Waals surface area contributed by atoms with Crippen molar-refractivity contribution in [3.8, 4) is 11.5 Å². The van der Waals surface area contributed by atoms with Crippen LogP contribution in [0.1, 0.15) is 0 Å². The van der Waals surface area contributed by atoms with Gasteiger partial charge in [0.25, 0.3) is 25.7 Å². The van der Waals surface area contributed by atoms with Crippen LogP contribution >= 0.6 is 0 Å². The Morgan fingerprint density at radius 2 is 1.24 bits per heavy atom. The minimum Gasteiger partial charge on any atom is -0.495 e. The molecule has 2 N–H and O–H groups in total. The molecule has 3 aromatic carbocycles. The number of para-hydroxylation sites is 2. The Bertz CT molecular complexity index is 1390. The van der Waals surface area contributed by atoms with E-state index in [0.717, 1.165) is 30.3 Å². The Hall–Kier alpha value is -3.84. The summed E-state index contributed by atoms with van der Waals surface area (Å²) in [5.74, 6) is 0.366. The molecule has 0 aliphatic rings. The molecule has 0 atom stereocenters. The van der Waals surface area contributed by atoms with Gasteiger partial charge in [0, 0.05) is 12.1 Å². The van der Waals surface area contributed by atoms with Crippen LogP contribution in [0.15, 0.2) is 76.5 Å². The van der Waals surface area contributed by atoms with Gasteiger partial charge in [-0.2, -0.15) is 0 Å². The molecule has 11 nitrogen and oxygen atoms in total. The molecule has 0 radical (unpaired) electrons. The molecule has 33 heavy (non-hydrogen) atoms. The number of nitrogens with one attached hydrogen (secondary N) is 2. The van der Waals surface area contributed by atoms with Crippen LogP contribution in [0.2, 0.25) is 0 Å². The molecule has 174 valence electrons. The fourth-order valence-corrected chi connectivity index (χ4v) is 4.97. The average molecular weight is 494 g/mol. The van der Waals surface area contributed by atoms with E-state index in [2.05, 4.69) is 9.44 Å². The van der Waals surface area contributed by atoms with Crippen molar-refractivity contribution in [2.24, 2.45) is 0 Å². The Kier molecular flexibility index (Phi) is 6.74. The van der Waals surface area contributed by atoms with E-state index >= 15 is 0 Å². The van der Waals surface area contributed by atoms with Crippen LogP contribution in [0.25, 0.3) is 0 Å². The zero-order valence-electron chi connectivity index (χ0n) is 17.4. The molecule has 0 saturated heterocycles. The molecular weight excluding hydrogens is 474 g/mol. The molecule has 3 aromatic rings. The lowest BCUT2D eigenvalue weighted by Crippen LogP contribution is -2.16. The third kappa shape index (κ3) is 5.32. The number of ether oxygens (including phenoxy) is 2. The summed E-state index contributed by atoms with van der Waals surface area (Å²) >= 11 is 0. The van der Waals surface area contributed by atoms with E-state index in [1.807, 2.05) is 0 Å². The van der Waals surface area contributed by atoms with Crippen molar-refractivity contribution in [1.82, 2.24) is 0 Å². The predicted octanol–water partition coefficient (Wildman–Crippen LogP) is 3.21. The van der Waals surface area contributed by atoms with Gasteiger partial charge in [-0.15, -0.1) is 0 Å². The predicted molar refractivity (Wildman–Crippen MR) is 121 cm³/mol. The van der Waals surface area contributed by atoms with Crippen LogP contribution in [0.4, 0.5) is 17.1 Å². The van der Waals surface area contributed by atoms with E-state index in [1.54, 1.807) is 18.2 Å². The Morgan fingerprint density at radius 1 is 0.727 bits per heavy atom. The number of rotatable bonds is 9. The number of methoxy groups -OCH3 is 2. The summed E-state index contributed by atoms with van der Waals surface area (Å²) in [7, 11) is -5.65. The van der Waals surface area contributed by atoms with Gasteiger partial charge in [-0.25, -0.2) is 16.8 Å². The van der Waals surface area contributed by atoms with Crippen LogP contribution < -0.4 is 18.9 Å². The first-order valence-corrected chi connectivity index (χ1v) is 12.1. The summed E-state index contributed by atoms with van der Waals surface area (Å²) in [6.45, 7) is 0. The highest BCUT2D eigenvalue weighted by Crippen LogP contribution is 2.32. The van der Waals surface area contributed by atoms with E-state index in [4.69, 9.17) is 9.47 Å². The third-order valence-electron chi connectivity index (χ3n) is 4.43. The first kappa shape index (κ1) is 23.8. The fourth-order valence-electron chi connectivity index (χ4n) is 2.82. The maximum absolute atomic E-state index is 12.9. The summed E-state index contributed by atoms with van der Waals surface area (Å²) < 4.78 is 66.3. The second-order valence-electron chi connectivity index (χ2n) is 6.52. The SMILES string of the molecule is COc1ccccc1NS(=O)(=O)c1ccc(OC)c(NS(=O)(=O)c2ccc([N+](=O)[O-])cc2)c1. The quantitative estimate of drug-likeness (QED) is 0.340. The Morgan fingerprint density at radius 3 is 1.85 bits per heavy atom. The van der Waals surface area contributed by atoms with Gasteiger partial charge >= 0.3 is 0 Å². The number of non-ortho nitro benzene ring substituents is 1. The molecule has 0 aliphatic heterocycles. The van der Waals surface area contributed by atoms with Crippen molar-refractivity contribution in [1.29, 1.82) is 0 Å². The summed E-state index contributed by atoms with van der Waals surface area (Å²) in [4.78, 5) is 9.64. The van der Waals surface area contributed by atoms with Gasteiger partial charge in [-0.05, 0) is 42.5 Å². The molecule has 3 rings (SSSR count). The van der Waals surface area contributed by atoms with Crippen LogP contribution in [-0.4, -0.2) is 36.0 Å². The number of nitro groups is 1. The second kappa shape index (κ2) is 9.34. The maximum Gasteiger partial charge on any atom is 0.269 e. The number of sulfonamides is 2. The van der Waals surface area contributed by atoms with Crippen molar-refractivity contribution in [2.45, 2.75) is 9.79 Å². The molecular formula is C20H19N3O8S2. The first-order chi connectivity index (χ1) is 15.6. The molecule has 0 unspecified atom stereocenters. The lowest BCUT2D eigenvalue weighted by molar-refractivity contribution is -0.384. The number of hydrogen-bond donors (Lipinski definition) is 2. The summed E-state index contributed by atoms with van der Waals surface area (Å²) in [6.07, 6.45) is 0. The largest absolute Gasteiger partial charge is 0.495 e. The van der Waals surface area contributed by atoms with Gasteiger partial charge in [0.2, 0.25) is 0 Å². The number of anilines is 2. The van der Waals surface area contributed by atoms with Crippen LogP contribution in [0.3, 0.4) is 0 Å². The molecule has 0 aromatic heterocycles. The van der Waals surface area contributed by atoms with Gasteiger partial charge in [0.05, 0.1) is 40.3 Å². The number of hydrogen-bond acceptors (Lipinski definition) is 8. The van der Waals surface area contributed by atoms with Gasteiger partial charge in [0.1, 0.15) is 11.5 Å². The highest BCUT2D eigenvalue weighted by atomic mass is 32.2. The number of nitrogens with zero attached hydrogens (tertiary/aromatic N) is 1. The van der Waals surface area contributed by atoms with Crippen molar-refractivity contribution in [3.05, 3.63) is 76.8 Å². The van der Waals surface area contributed by atoms with Crippen LogP contribution in [0, 0.1) is 10.1 Å². The van der Waals surface area contributed by atoms with Gasteiger partial charge in [-0.1, -0.05) is 12.1 Å². The molecule has 0 amide bonds. The minimum absolute atomic E-state index is 0.0664. The highest BCUT2D eigenvalue weighted by Gasteiger charge is 2.22. The van der Waals surface area contributed by atoms with Gasteiger partial charge < -0.3 is 9.47 Å². The first-order valence-electron chi connectivity index (χ1n) is 9.18. The van der Waals surface area contributed by atoms with Crippen LogP contribution in [0.5, 0.6) is 11.5 Å². The maximum atomic E-state index is 12.9. The van der Waals surface area contributed by atoms with E-state index in [0.29, 0.717) is 5.75 Å². The standard InChI is InChI=1S/C20H19N3O8S2/c1-30-19-6-4-3-5-17(19)21-33(28,29)16-11-12-20(31-2)18(13-16)22-32(26,27)15-9-7-14(8-10-15)23(24)25/h3-13,21-22H,1-2H3. The van der Waals surface area contributed by atoms with E-state index in [-0.39, 0.29) is 32.6 Å². The Labute approximate surface area is 190 Å². The van der Waals surface area contributed by atoms with Gasteiger partial charge in [-0.3, -0.25) is 19.6 Å². The van der Waals surface area contributed by atoms with E-state index in [9.17, 15) is 26.9 Å². The highest BCUT2D eigenvalue weighted by molar-refractivity contribution is 7.93. The smallest absolute Gasteiger partial charge is 0.269 e. The molecule has 0 spiro atoms. The van der Waals surface area contributed by atoms with Crippen molar-refractivity contribution in [3.63, 3.8) is 0 Å². The molecule has 0 bridgehead atoms. The molecule has 0 heterocycles. The van der Waals surface area contributed by atoms with Crippen molar-refractivity contribution in [2.75, 3.05) is 23.7 Å².